The summed E-state index contributed by atoms with van der Waals surface area (Å²) >= 11 is 0. The van der Waals surface area contributed by atoms with Crippen LogP contribution in [0.3, 0.4) is 0 Å². The van der Waals surface area contributed by atoms with Crippen molar-refractivity contribution in [2.24, 2.45) is 0 Å². The van der Waals surface area contributed by atoms with Gasteiger partial charge in [-0.3, -0.25) is 14.4 Å². The summed E-state index contributed by atoms with van der Waals surface area (Å²) in [5.74, 6) is -1.04. The van der Waals surface area contributed by atoms with Gasteiger partial charge in [-0.25, -0.2) is 4.90 Å². The second kappa shape index (κ2) is 7.19. The lowest BCUT2D eigenvalue weighted by Gasteiger charge is -2.26. The monoisotopic (exact) mass is 347 g/mol. The van der Waals surface area contributed by atoms with E-state index in [1.165, 1.54) is 11.8 Å². The second-order valence-corrected chi connectivity index (χ2v) is 6.08. The molecule has 0 aliphatic carbocycles. The summed E-state index contributed by atoms with van der Waals surface area (Å²) in [6.45, 7) is 1.66. The van der Waals surface area contributed by atoms with E-state index < -0.39 is 11.9 Å². The van der Waals surface area contributed by atoms with Crippen molar-refractivity contribution in [2.45, 2.75) is 25.9 Å². The van der Waals surface area contributed by atoms with Crippen LogP contribution in [0.2, 0.25) is 0 Å². The average molecular weight is 347 g/mol. The van der Waals surface area contributed by atoms with Crippen LogP contribution in [0, 0.1) is 11.3 Å². The van der Waals surface area contributed by atoms with E-state index >= 15 is 0 Å². The topological polar surface area (TPSA) is 81.5 Å². The van der Waals surface area contributed by atoms with Crippen molar-refractivity contribution in [2.75, 3.05) is 4.90 Å². The Balaban J connectivity index is 1.85. The number of carbonyl (C=O) groups excluding carboxylic acids is 3. The minimum Gasteiger partial charge on any atom is -0.326 e. The number of nitriles is 1. The zero-order valence-corrected chi connectivity index (χ0v) is 14.3. The molecule has 2 aromatic rings. The minimum atomic E-state index is -0.823. The van der Waals surface area contributed by atoms with Gasteiger partial charge in [-0.15, -0.1) is 0 Å². The molecule has 1 heterocycles. The highest BCUT2D eigenvalue weighted by Gasteiger charge is 2.43. The minimum absolute atomic E-state index is 0.0503. The highest BCUT2D eigenvalue weighted by atomic mass is 16.2. The molecule has 0 bridgehead atoms. The molecule has 2 aromatic carbocycles. The van der Waals surface area contributed by atoms with Gasteiger partial charge in [0, 0.05) is 13.5 Å². The molecule has 1 aliphatic heterocycles. The third kappa shape index (κ3) is 3.33. The predicted octanol–water partition coefficient (Wildman–Crippen LogP) is 2.24. The van der Waals surface area contributed by atoms with E-state index in [9.17, 15) is 14.4 Å². The molecule has 0 saturated carbocycles. The van der Waals surface area contributed by atoms with Gasteiger partial charge in [-0.2, -0.15) is 5.26 Å². The van der Waals surface area contributed by atoms with Crippen molar-refractivity contribution in [3.05, 3.63) is 65.7 Å². The van der Waals surface area contributed by atoms with Crippen LogP contribution < -0.4 is 4.90 Å². The number of nitrogens with zero attached hydrogens (tertiary/aromatic N) is 3. The Labute approximate surface area is 151 Å². The lowest BCUT2D eigenvalue weighted by Crippen LogP contribution is -2.44. The van der Waals surface area contributed by atoms with Crippen LogP contribution in [0.4, 0.5) is 5.69 Å². The van der Waals surface area contributed by atoms with Gasteiger partial charge in [0.05, 0.1) is 23.7 Å². The molecule has 1 saturated heterocycles. The zero-order chi connectivity index (χ0) is 18.7. The summed E-state index contributed by atoms with van der Waals surface area (Å²) in [5, 5.41) is 8.87. The van der Waals surface area contributed by atoms with Crippen LogP contribution in [0.5, 0.6) is 0 Å². The summed E-state index contributed by atoms with van der Waals surface area (Å²) < 4.78 is 0. The molecule has 6 heteroatoms. The lowest BCUT2D eigenvalue weighted by atomic mass is 10.1. The van der Waals surface area contributed by atoms with Crippen LogP contribution in [0.1, 0.15) is 24.5 Å². The molecule has 130 valence electrons. The van der Waals surface area contributed by atoms with Crippen LogP contribution in [-0.2, 0) is 20.9 Å². The number of carbonyl (C=O) groups is 3. The summed E-state index contributed by atoms with van der Waals surface area (Å²) in [7, 11) is 0. The molecule has 0 N–H and O–H groups in total. The van der Waals surface area contributed by atoms with E-state index in [0.29, 0.717) is 11.3 Å². The molecule has 1 unspecified atom stereocenters. The van der Waals surface area contributed by atoms with E-state index in [1.807, 2.05) is 36.4 Å². The van der Waals surface area contributed by atoms with Gasteiger partial charge >= 0.3 is 0 Å². The van der Waals surface area contributed by atoms with Gasteiger partial charge in [0.1, 0.15) is 6.04 Å². The van der Waals surface area contributed by atoms with Crippen LogP contribution in [-0.4, -0.2) is 28.7 Å². The molecule has 0 aromatic heterocycles. The van der Waals surface area contributed by atoms with Crippen molar-refractivity contribution in [1.82, 2.24) is 4.90 Å². The molecule has 0 spiro atoms. The zero-order valence-electron chi connectivity index (χ0n) is 14.3. The smallest absolute Gasteiger partial charge is 0.257 e. The van der Waals surface area contributed by atoms with E-state index in [0.717, 1.165) is 10.5 Å². The Kier molecular flexibility index (Phi) is 4.81. The van der Waals surface area contributed by atoms with Gasteiger partial charge in [0.2, 0.25) is 11.8 Å². The number of hydrogen-bond donors (Lipinski definition) is 0. The third-order valence-corrected chi connectivity index (χ3v) is 4.35. The van der Waals surface area contributed by atoms with Crippen LogP contribution >= 0.6 is 0 Å². The van der Waals surface area contributed by atoms with Crippen molar-refractivity contribution in [1.29, 1.82) is 5.26 Å². The van der Waals surface area contributed by atoms with Gasteiger partial charge < -0.3 is 4.90 Å². The maximum Gasteiger partial charge on any atom is 0.257 e. The molecule has 3 amide bonds. The number of hydrogen-bond acceptors (Lipinski definition) is 4. The summed E-state index contributed by atoms with van der Waals surface area (Å²) in [6.07, 6.45) is -0.0503. The molecule has 26 heavy (non-hydrogen) atoms. The van der Waals surface area contributed by atoms with E-state index in [4.69, 9.17) is 5.26 Å². The normalized spacial score (nSPS) is 16.5. The van der Waals surface area contributed by atoms with E-state index in [2.05, 4.69) is 0 Å². The maximum atomic E-state index is 12.9. The second-order valence-electron chi connectivity index (χ2n) is 6.08. The van der Waals surface area contributed by atoms with Crippen molar-refractivity contribution in [3.8, 4) is 6.07 Å². The molecule has 0 radical (unpaired) electrons. The third-order valence-electron chi connectivity index (χ3n) is 4.35. The Morgan fingerprint density at radius 2 is 1.81 bits per heavy atom. The quantitative estimate of drug-likeness (QED) is 0.794. The first-order valence-corrected chi connectivity index (χ1v) is 8.19. The molecule has 1 fully saturated rings. The average Bonchev–Trinajstić information content (AvgIpc) is 2.94. The number of amides is 3. The SMILES string of the molecule is CC(=O)N(Cc1ccccc1)C1CC(=O)N(c2ccc(C#N)cc2)C1=O. The Morgan fingerprint density at radius 1 is 1.15 bits per heavy atom. The number of imide groups is 1. The Morgan fingerprint density at radius 3 is 2.38 bits per heavy atom. The molecule has 1 atom stereocenters. The van der Waals surface area contributed by atoms with Gasteiger partial charge in [-0.1, -0.05) is 30.3 Å². The van der Waals surface area contributed by atoms with Gasteiger partial charge in [0.25, 0.3) is 5.91 Å². The largest absolute Gasteiger partial charge is 0.326 e. The lowest BCUT2D eigenvalue weighted by molar-refractivity contribution is -0.137. The van der Waals surface area contributed by atoms with Gasteiger partial charge in [0.15, 0.2) is 0 Å². The Hall–Kier alpha value is -3.46. The van der Waals surface area contributed by atoms with Crippen LogP contribution in [0.25, 0.3) is 0 Å². The fourth-order valence-electron chi connectivity index (χ4n) is 3.04. The fraction of sp³-hybridized carbons (Fsp3) is 0.200. The van der Waals surface area contributed by atoms with E-state index in [-0.39, 0.29) is 24.8 Å². The number of benzene rings is 2. The Bertz CT molecular complexity index is 885. The summed E-state index contributed by atoms with van der Waals surface area (Å²) in [4.78, 5) is 39.9. The maximum absolute atomic E-state index is 12.9. The fourth-order valence-corrected chi connectivity index (χ4v) is 3.04. The van der Waals surface area contributed by atoms with Gasteiger partial charge in [-0.05, 0) is 29.8 Å². The van der Waals surface area contributed by atoms with Crippen molar-refractivity contribution < 1.29 is 14.4 Å². The predicted molar refractivity (Wildman–Crippen MR) is 94.7 cm³/mol. The van der Waals surface area contributed by atoms with Crippen LogP contribution in [0.15, 0.2) is 54.6 Å². The van der Waals surface area contributed by atoms with E-state index in [1.54, 1.807) is 24.3 Å². The first-order chi connectivity index (χ1) is 12.5. The highest BCUT2D eigenvalue weighted by molar-refractivity contribution is 6.23. The summed E-state index contributed by atoms with van der Waals surface area (Å²) in [6, 6.07) is 16.7. The van der Waals surface area contributed by atoms with Crippen molar-refractivity contribution in [3.63, 3.8) is 0 Å². The number of rotatable bonds is 4. The number of anilines is 1. The molecular formula is C20H17N3O3. The first-order valence-electron chi connectivity index (χ1n) is 8.19. The summed E-state index contributed by atoms with van der Waals surface area (Å²) in [5.41, 5.74) is 1.74. The molecule has 1 aliphatic rings. The molecule has 3 rings (SSSR count). The van der Waals surface area contributed by atoms with Crippen molar-refractivity contribution >= 4 is 23.4 Å². The first kappa shape index (κ1) is 17.4. The highest BCUT2D eigenvalue weighted by Crippen LogP contribution is 2.27. The molecular weight excluding hydrogens is 330 g/mol. The molecule has 6 nitrogen and oxygen atoms in total. The standard InChI is InChI=1S/C20H17N3O3/c1-14(24)22(13-16-5-3-2-4-6-16)18-11-19(25)23(20(18)26)17-9-7-15(12-21)8-10-17/h2-10,18H,11,13H2,1H3.